The van der Waals surface area contributed by atoms with Crippen molar-refractivity contribution in [3.05, 3.63) is 30.2 Å². The van der Waals surface area contributed by atoms with Gasteiger partial charge in [-0.05, 0) is 43.9 Å². The van der Waals surface area contributed by atoms with Crippen LogP contribution in [-0.2, 0) is 0 Å². The number of hydrogen-bond donors (Lipinski definition) is 1. The van der Waals surface area contributed by atoms with Crippen LogP contribution in [0.15, 0.2) is 28.9 Å². The van der Waals surface area contributed by atoms with E-state index in [9.17, 15) is 0 Å². The Morgan fingerprint density at radius 3 is 3.14 bits per heavy atom. The minimum atomic E-state index is 0.663. The van der Waals surface area contributed by atoms with E-state index in [-0.39, 0.29) is 0 Å². The van der Waals surface area contributed by atoms with Crippen molar-refractivity contribution in [1.82, 2.24) is 5.32 Å². The highest BCUT2D eigenvalue weighted by atomic mass is 16.3. The van der Waals surface area contributed by atoms with Gasteiger partial charge in [-0.15, -0.1) is 0 Å². The Balaban J connectivity index is 1.66. The molecule has 0 amide bonds. The standard InChI is InChI=1S/C12H17NO/c1-10(11-6-7-11)13-8-2-4-12-5-3-9-14-12/h2-5,9-11,13H,6-8H2,1H3/b4-2+. The molecule has 0 aliphatic heterocycles. The molecular formula is C12H17NO. The second kappa shape index (κ2) is 4.47. The summed E-state index contributed by atoms with van der Waals surface area (Å²) in [5.41, 5.74) is 0. The summed E-state index contributed by atoms with van der Waals surface area (Å²) in [6, 6.07) is 4.53. The van der Waals surface area contributed by atoms with E-state index in [2.05, 4.69) is 18.3 Å². The molecule has 1 saturated carbocycles. The third-order valence-electron chi connectivity index (χ3n) is 2.71. The summed E-state index contributed by atoms with van der Waals surface area (Å²) in [4.78, 5) is 0. The van der Waals surface area contributed by atoms with Crippen molar-refractivity contribution in [1.29, 1.82) is 0 Å². The Bertz CT molecular complexity index is 285. The van der Waals surface area contributed by atoms with Crippen LogP contribution in [0.4, 0.5) is 0 Å². The van der Waals surface area contributed by atoms with E-state index >= 15 is 0 Å². The van der Waals surface area contributed by atoms with E-state index in [4.69, 9.17) is 4.42 Å². The molecule has 1 unspecified atom stereocenters. The van der Waals surface area contributed by atoms with Crippen molar-refractivity contribution >= 4 is 6.08 Å². The molecule has 1 atom stereocenters. The minimum Gasteiger partial charge on any atom is -0.465 e. The van der Waals surface area contributed by atoms with Gasteiger partial charge in [-0.2, -0.15) is 0 Å². The molecule has 1 aromatic rings. The van der Waals surface area contributed by atoms with Crippen LogP contribution in [0.3, 0.4) is 0 Å². The third-order valence-corrected chi connectivity index (χ3v) is 2.71. The molecular weight excluding hydrogens is 174 g/mol. The summed E-state index contributed by atoms with van der Waals surface area (Å²) in [7, 11) is 0. The highest BCUT2D eigenvalue weighted by Crippen LogP contribution is 2.32. The Hall–Kier alpha value is -1.02. The first-order valence-corrected chi connectivity index (χ1v) is 5.29. The summed E-state index contributed by atoms with van der Waals surface area (Å²) < 4.78 is 5.19. The predicted molar refractivity (Wildman–Crippen MR) is 57.9 cm³/mol. The summed E-state index contributed by atoms with van der Waals surface area (Å²) >= 11 is 0. The van der Waals surface area contributed by atoms with Crippen LogP contribution >= 0.6 is 0 Å². The summed E-state index contributed by atoms with van der Waals surface area (Å²) in [5.74, 6) is 1.85. The van der Waals surface area contributed by atoms with Gasteiger partial charge in [-0.1, -0.05) is 6.08 Å². The van der Waals surface area contributed by atoms with Crippen LogP contribution in [0.5, 0.6) is 0 Å². The van der Waals surface area contributed by atoms with E-state index < -0.39 is 0 Å². The Morgan fingerprint density at radius 1 is 1.64 bits per heavy atom. The molecule has 0 aromatic carbocycles. The molecule has 1 aliphatic rings. The number of rotatable bonds is 5. The molecule has 1 fully saturated rings. The van der Waals surface area contributed by atoms with Gasteiger partial charge in [0.2, 0.25) is 0 Å². The first-order chi connectivity index (χ1) is 6.86. The second-order valence-corrected chi connectivity index (χ2v) is 3.95. The van der Waals surface area contributed by atoms with Gasteiger partial charge >= 0.3 is 0 Å². The van der Waals surface area contributed by atoms with Gasteiger partial charge in [0.25, 0.3) is 0 Å². The van der Waals surface area contributed by atoms with Gasteiger partial charge < -0.3 is 9.73 Å². The largest absolute Gasteiger partial charge is 0.465 e. The first kappa shape index (κ1) is 9.53. The fourth-order valence-corrected chi connectivity index (χ4v) is 1.58. The molecule has 0 bridgehead atoms. The van der Waals surface area contributed by atoms with Gasteiger partial charge in [0.15, 0.2) is 0 Å². The number of nitrogens with one attached hydrogen (secondary N) is 1. The molecule has 0 spiro atoms. The van der Waals surface area contributed by atoms with E-state index in [0.29, 0.717) is 6.04 Å². The molecule has 2 rings (SSSR count). The minimum absolute atomic E-state index is 0.663. The molecule has 2 nitrogen and oxygen atoms in total. The van der Waals surface area contributed by atoms with Gasteiger partial charge in [0, 0.05) is 12.6 Å². The zero-order chi connectivity index (χ0) is 9.80. The average molecular weight is 191 g/mol. The van der Waals surface area contributed by atoms with Crippen LogP contribution < -0.4 is 5.32 Å². The summed E-state index contributed by atoms with van der Waals surface area (Å²) in [5, 5.41) is 3.48. The van der Waals surface area contributed by atoms with Crippen molar-refractivity contribution in [3.8, 4) is 0 Å². The van der Waals surface area contributed by atoms with Crippen molar-refractivity contribution in [2.45, 2.75) is 25.8 Å². The van der Waals surface area contributed by atoms with Gasteiger partial charge in [0.05, 0.1) is 6.26 Å². The van der Waals surface area contributed by atoms with Gasteiger partial charge in [-0.25, -0.2) is 0 Å². The van der Waals surface area contributed by atoms with Crippen molar-refractivity contribution < 1.29 is 4.42 Å². The SMILES string of the molecule is CC(NC/C=C/c1ccco1)C1CC1. The second-order valence-electron chi connectivity index (χ2n) is 3.95. The highest BCUT2D eigenvalue weighted by molar-refractivity contribution is 5.42. The average Bonchev–Trinajstić information content (AvgIpc) is 2.92. The molecule has 2 heteroatoms. The fourth-order valence-electron chi connectivity index (χ4n) is 1.58. The number of hydrogen-bond acceptors (Lipinski definition) is 2. The lowest BCUT2D eigenvalue weighted by Crippen LogP contribution is -2.27. The lowest BCUT2D eigenvalue weighted by atomic mass is 10.2. The zero-order valence-electron chi connectivity index (χ0n) is 8.57. The predicted octanol–water partition coefficient (Wildman–Crippen LogP) is 2.68. The Morgan fingerprint density at radius 2 is 2.50 bits per heavy atom. The molecule has 0 saturated heterocycles. The van der Waals surface area contributed by atoms with Crippen molar-refractivity contribution in [3.63, 3.8) is 0 Å². The van der Waals surface area contributed by atoms with Crippen LogP contribution in [0.2, 0.25) is 0 Å². The number of furan rings is 1. The van der Waals surface area contributed by atoms with Gasteiger partial charge in [0.1, 0.15) is 5.76 Å². The Labute approximate surface area is 85.0 Å². The molecule has 1 N–H and O–H groups in total. The van der Waals surface area contributed by atoms with Crippen molar-refractivity contribution in [2.24, 2.45) is 5.92 Å². The molecule has 76 valence electrons. The quantitative estimate of drug-likeness (QED) is 0.774. The zero-order valence-corrected chi connectivity index (χ0v) is 8.57. The van der Waals surface area contributed by atoms with Gasteiger partial charge in [-0.3, -0.25) is 0 Å². The Kier molecular flexibility index (Phi) is 3.04. The van der Waals surface area contributed by atoms with Crippen LogP contribution in [0.25, 0.3) is 6.08 Å². The molecule has 1 aromatic heterocycles. The van der Waals surface area contributed by atoms with Crippen LogP contribution in [0.1, 0.15) is 25.5 Å². The topological polar surface area (TPSA) is 25.2 Å². The molecule has 1 heterocycles. The maximum atomic E-state index is 5.19. The van der Waals surface area contributed by atoms with E-state index in [1.807, 2.05) is 18.2 Å². The van der Waals surface area contributed by atoms with Crippen LogP contribution in [-0.4, -0.2) is 12.6 Å². The lowest BCUT2D eigenvalue weighted by molar-refractivity contribution is 0.524. The fraction of sp³-hybridized carbons (Fsp3) is 0.500. The summed E-state index contributed by atoms with van der Waals surface area (Å²) in [6.07, 6.45) is 8.61. The highest BCUT2D eigenvalue weighted by Gasteiger charge is 2.26. The van der Waals surface area contributed by atoms with E-state index in [1.54, 1.807) is 6.26 Å². The third kappa shape index (κ3) is 2.74. The molecule has 0 radical (unpaired) electrons. The van der Waals surface area contributed by atoms with E-state index in [1.165, 1.54) is 12.8 Å². The monoisotopic (exact) mass is 191 g/mol. The van der Waals surface area contributed by atoms with E-state index in [0.717, 1.165) is 18.2 Å². The normalized spacial score (nSPS) is 18.9. The van der Waals surface area contributed by atoms with Crippen LogP contribution in [0, 0.1) is 5.92 Å². The summed E-state index contributed by atoms with van der Waals surface area (Å²) in [6.45, 7) is 3.19. The maximum absolute atomic E-state index is 5.19. The molecule has 1 aliphatic carbocycles. The smallest absolute Gasteiger partial charge is 0.126 e. The molecule has 14 heavy (non-hydrogen) atoms. The maximum Gasteiger partial charge on any atom is 0.126 e. The van der Waals surface area contributed by atoms with Crippen molar-refractivity contribution in [2.75, 3.05) is 6.54 Å². The first-order valence-electron chi connectivity index (χ1n) is 5.29. The lowest BCUT2D eigenvalue weighted by Gasteiger charge is -2.09.